The summed E-state index contributed by atoms with van der Waals surface area (Å²) in [5, 5.41) is 2.85. The van der Waals surface area contributed by atoms with Crippen molar-refractivity contribution in [1.82, 2.24) is 4.98 Å². The lowest BCUT2D eigenvalue weighted by atomic mass is 10.2. The SMILES string of the molecule is CC(C)(C)OC(=O)Nc1cc(I)cc(Cl)n1. The van der Waals surface area contributed by atoms with E-state index in [4.69, 9.17) is 16.3 Å². The predicted molar refractivity (Wildman–Crippen MR) is 71.8 cm³/mol. The molecule has 0 aliphatic rings. The van der Waals surface area contributed by atoms with E-state index in [2.05, 4.69) is 32.9 Å². The summed E-state index contributed by atoms with van der Waals surface area (Å²) in [6, 6.07) is 3.40. The topological polar surface area (TPSA) is 51.2 Å². The van der Waals surface area contributed by atoms with Crippen molar-refractivity contribution >= 4 is 46.1 Å². The summed E-state index contributed by atoms with van der Waals surface area (Å²) < 4.78 is 5.98. The van der Waals surface area contributed by atoms with Crippen LogP contribution in [0.4, 0.5) is 10.6 Å². The quantitative estimate of drug-likeness (QED) is 0.618. The molecule has 0 spiro atoms. The lowest BCUT2D eigenvalue weighted by molar-refractivity contribution is 0.0635. The zero-order valence-corrected chi connectivity index (χ0v) is 12.1. The van der Waals surface area contributed by atoms with E-state index >= 15 is 0 Å². The molecule has 0 bridgehead atoms. The molecule has 0 saturated carbocycles. The van der Waals surface area contributed by atoms with Gasteiger partial charge in [-0.15, -0.1) is 0 Å². The van der Waals surface area contributed by atoms with Crippen molar-refractivity contribution in [3.05, 3.63) is 20.9 Å². The van der Waals surface area contributed by atoms with Crippen molar-refractivity contribution < 1.29 is 9.53 Å². The van der Waals surface area contributed by atoms with E-state index in [-0.39, 0.29) is 0 Å². The van der Waals surface area contributed by atoms with Crippen LogP contribution in [0.2, 0.25) is 5.15 Å². The number of hydrogen-bond donors (Lipinski definition) is 1. The number of rotatable bonds is 1. The summed E-state index contributed by atoms with van der Waals surface area (Å²) in [7, 11) is 0. The average molecular weight is 355 g/mol. The molecule has 1 amide bonds. The molecule has 88 valence electrons. The van der Waals surface area contributed by atoms with Gasteiger partial charge in [-0.05, 0) is 55.5 Å². The minimum Gasteiger partial charge on any atom is -0.444 e. The molecule has 1 aromatic heterocycles. The Kier molecular flexibility index (Phi) is 4.37. The van der Waals surface area contributed by atoms with Gasteiger partial charge in [-0.25, -0.2) is 9.78 Å². The largest absolute Gasteiger partial charge is 0.444 e. The van der Waals surface area contributed by atoms with Crippen molar-refractivity contribution in [2.75, 3.05) is 5.32 Å². The Morgan fingerprint density at radius 1 is 1.50 bits per heavy atom. The molecule has 1 heterocycles. The Balaban J connectivity index is 2.70. The molecular weight excluding hydrogens is 342 g/mol. The Morgan fingerprint density at radius 2 is 2.12 bits per heavy atom. The maximum Gasteiger partial charge on any atom is 0.413 e. The fourth-order valence-electron chi connectivity index (χ4n) is 0.938. The van der Waals surface area contributed by atoms with Crippen LogP contribution in [0.15, 0.2) is 12.1 Å². The number of nitrogens with zero attached hydrogens (tertiary/aromatic N) is 1. The molecule has 0 unspecified atom stereocenters. The molecule has 4 nitrogen and oxygen atoms in total. The van der Waals surface area contributed by atoms with E-state index in [9.17, 15) is 4.79 Å². The highest BCUT2D eigenvalue weighted by Crippen LogP contribution is 2.17. The normalized spacial score (nSPS) is 11.1. The maximum absolute atomic E-state index is 11.4. The van der Waals surface area contributed by atoms with Gasteiger partial charge in [-0.2, -0.15) is 0 Å². The second-order valence-corrected chi connectivity index (χ2v) is 5.75. The van der Waals surface area contributed by atoms with E-state index in [0.29, 0.717) is 11.0 Å². The average Bonchev–Trinajstić information content (AvgIpc) is 1.96. The van der Waals surface area contributed by atoms with Crippen LogP contribution in [-0.4, -0.2) is 16.7 Å². The molecular formula is C10H12ClIN2O2. The van der Waals surface area contributed by atoms with Crippen molar-refractivity contribution in [2.24, 2.45) is 0 Å². The third-order valence-corrected chi connectivity index (χ3v) is 2.20. The number of carbonyl (C=O) groups excluding carboxylic acids is 1. The van der Waals surface area contributed by atoms with Crippen LogP contribution in [0, 0.1) is 3.57 Å². The van der Waals surface area contributed by atoms with Crippen LogP contribution in [0.5, 0.6) is 0 Å². The van der Waals surface area contributed by atoms with Gasteiger partial charge in [0, 0.05) is 3.57 Å². The number of carbonyl (C=O) groups is 1. The Morgan fingerprint density at radius 3 is 2.62 bits per heavy atom. The Hall–Kier alpha value is -0.560. The highest BCUT2D eigenvalue weighted by molar-refractivity contribution is 14.1. The molecule has 0 aliphatic heterocycles. The number of anilines is 1. The number of amides is 1. The van der Waals surface area contributed by atoms with Crippen LogP contribution in [0.25, 0.3) is 0 Å². The minimum absolute atomic E-state index is 0.331. The Bertz CT molecular complexity index is 384. The van der Waals surface area contributed by atoms with E-state index < -0.39 is 11.7 Å². The molecule has 0 aromatic carbocycles. The van der Waals surface area contributed by atoms with E-state index in [1.54, 1.807) is 32.9 Å². The van der Waals surface area contributed by atoms with E-state index in [0.717, 1.165) is 3.57 Å². The number of pyridine rings is 1. The number of aromatic nitrogens is 1. The van der Waals surface area contributed by atoms with Crippen molar-refractivity contribution in [1.29, 1.82) is 0 Å². The molecule has 6 heteroatoms. The van der Waals surface area contributed by atoms with Gasteiger partial charge in [0.05, 0.1) is 0 Å². The van der Waals surface area contributed by atoms with Crippen molar-refractivity contribution in [3.8, 4) is 0 Å². The highest BCUT2D eigenvalue weighted by atomic mass is 127. The second kappa shape index (κ2) is 5.18. The smallest absolute Gasteiger partial charge is 0.413 e. The first kappa shape index (κ1) is 13.5. The number of nitrogens with one attached hydrogen (secondary N) is 1. The predicted octanol–water partition coefficient (Wildman–Crippen LogP) is 3.69. The monoisotopic (exact) mass is 354 g/mol. The first-order valence-corrected chi connectivity index (χ1v) is 6.05. The fraction of sp³-hybridized carbons (Fsp3) is 0.400. The number of hydrogen-bond acceptors (Lipinski definition) is 3. The van der Waals surface area contributed by atoms with Gasteiger partial charge in [0.25, 0.3) is 0 Å². The fourth-order valence-corrected chi connectivity index (χ4v) is 1.92. The van der Waals surface area contributed by atoms with Crippen molar-refractivity contribution in [3.63, 3.8) is 0 Å². The van der Waals surface area contributed by atoms with Gasteiger partial charge in [-0.1, -0.05) is 11.6 Å². The molecule has 0 atom stereocenters. The molecule has 0 saturated heterocycles. The first-order valence-electron chi connectivity index (χ1n) is 4.59. The third-order valence-electron chi connectivity index (χ3n) is 1.39. The zero-order chi connectivity index (χ0) is 12.3. The van der Waals surface area contributed by atoms with Gasteiger partial charge >= 0.3 is 6.09 Å². The van der Waals surface area contributed by atoms with Crippen LogP contribution < -0.4 is 5.32 Å². The van der Waals surface area contributed by atoms with Crippen LogP contribution in [0.1, 0.15) is 20.8 Å². The lowest BCUT2D eigenvalue weighted by Gasteiger charge is -2.19. The van der Waals surface area contributed by atoms with E-state index in [1.807, 2.05) is 0 Å². The number of halogens is 2. The van der Waals surface area contributed by atoms with Crippen LogP contribution in [-0.2, 0) is 4.74 Å². The first-order chi connectivity index (χ1) is 7.26. The second-order valence-electron chi connectivity index (χ2n) is 4.12. The third kappa shape index (κ3) is 4.98. The molecule has 0 fully saturated rings. The molecule has 0 aliphatic carbocycles. The number of ether oxygens (including phenoxy) is 1. The summed E-state index contributed by atoms with van der Waals surface area (Å²) in [4.78, 5) is 15.4. The maximum atomic E-state index is 11.4. The summed E-state index contributed by atoms with van der Waals surface area (Å²) in [5.41, 5.74) is -0.532. The molecule has 1 N–H and O–H groups in total. The van der Waals surface area contributed by atoms with Gasteiger partial charge in [0.2, 0.25) is 0 Å². The van der Waals surface area contributed by atoms with E-state index in [1.165, 1.54) is 0 Å². The standard InChI is InChI=1S/C10H12ClIN2O2/c1-10(2,3)16-9(15)14-8-5-6(12)4-7(11)13-8/h4-5H,1-3H3,(H,13,14,15). The van der Waals surface area contributed by atoms with Gasteiger partial charge in [0.15, 0.2) is 0 Å². The summed E-state index contributed by atoms with van der Waals surface area (Å²) in [6.45, 7) is 5.38. The molecule has 0 radical (unpaired) electrons. The van der Waals surface area contributed by atoms with Gasteiger partial charge < -0.3 is 4.74 Å². The summed E-state index contributed by atoms with van der Waals surface area (Å²) in [5.74, 6) is 0.381. The molecule has 16 heavy (non-hydrogen) atoms. The van der Waals surface area contributed by atoms with Crippen LogP contribution >= 0.6 is 34.2 Å². The van der Waals surface area contributed by atoms with Crippen LogP contribution in [0.3, 0.4) is 0 Å². The Labute approximate surface area is 113 Å². The summed E-state index contributed by atoms with van der Waals surface area (Å²) in [6.07, 6.45) is -0.543. The molecule has 1 aromatic rings. The summed E-state index contributed by atoms with van der Waals surface area (Å²) >= 11 is 7.85. The highest BCUT2D eigenvalue weighted by Gasteiger charge is 2.16. The molecule has 1 rings (SSSR count). The van der Waals surface area contributed by atoms with Crippen molar-refractivity contribution in [2.45, 2.75) is 26.4 Å². The zero-order valence-electron chi connectivity index (χ0n) is 9.17. The van der Waals surface area contributed by atoms with Gasteiger partial charge in [0.1, 0.15) is 16.6 Å². The van der Waals surface area contributed by atoms with Gasteiger partial charge in [-0.3, -0.25) is 5.32 Å². The lowest BCUT2D eigenvalue weighted by Crippen LogP contribution is -2.27. The minimum atomic E-state index is -0.543.